The molecule has 1 aromatic rings. The second-order valence-electron chi connectivity index (χ2n) is 2.75. The molecular weight excluding hydrogens is 186 g/mol. The molecule has 0 aromatic carbocycles. The van der Waals surface area contributed by atoms with Gasteiger partial charge in [-0.1, -0.05) is 12.1 Å². The Balaban J connectivity index is 2.82. The molecule has 1 rings (SSSR count). The predicted molar refractivity (Wildman–Crippen MR) is 48.4 cm³/mol. The van der Waals surface area contributed by atoms with Crippen LogP contribution >= 0.6 is 0 Å². The third-order valence-corrected chi connectivity index (χ3v) is 1.85. The van der Waals surface area contributed by atoms with Crippen LogP contribution in [-0.4, -0.2) is 22.9 Å². The van der Waals surface area contributed by atoms with Crippen molar-refractivity contribution in [3.63, 3.8) is 0 Å². The first-order valence-corrected chi connectivity index (χ1v) is 4.45. The van der Waals surface area contributed by atoms with Gasteiger partial charge in [0.25, 0.3) is 0 Å². The molecule has 0 fully saturated rings. The zero-order valence-electron chi connectivity index (χ0n) is 8.19. The number of aromatic nitrogens is 2. The number of nitrogens with two attached hydrogens (primary N) is 1. The molecule has 0 aliphatic rings. The van der Waals surface area contributed by atoms with Gasteiger partial charge in [-0.25, -0.2) is 4.63 Å². The number of nitrogens with zero attached hydrogens (tertiary/aromatic N) is 2. The molecular formula is C8H13N3O3. The summed E-state index contributed by atoms with van der Waals surface area (Å²) in [4.78, 5) is 11.4. The van der Waals surface area contributed by atoms with Crippen LogP contribution in [0.4, 0.5) is 5.82 Å². The highest BCUT2D eigenvalue weighted by molar-refractivity contribution is 5.78. The highest BCUT2D eigenvalue weighted by Gasteiger charge is 2.26. The molecule has 6 nitrogen and oxygen atoms in total. The Morgan fingerprint density at radius 1 is 1.57 bits per heavy atom. The first-order chi connectivity index (χ1) is 6.70. The molecule has 0 aliphatic heterocycles. The molecule has 2 N–H and O–H groups in total. The van der Waals surface area contributed by atoms with Gasteiger partial charge in [0.05, 0.1) is 6.61 Å². The number of rotatable bonds is 4. The Labute approximate surface area is 81.4 Å². The van der Waals surface area contributed by atoms with Crippen LogP contribution in [0.1, 0.15) is 31.9 Å². The fourth-order valence-corrected chi connectivity index (χ4v) is 1.16. The fraction of sp³-hybridized carbons (Fsp3) is 0.625. The van der Waals surface area contributed by atoms with E-state index in [2.05, 4.69) is 14.9 Å². The second kappa shape index (κ2) is 4.59. The molecule has 1 atom stereocenters. The van der Waals surface area contributed by atoms with E-state index in [1.807, 2.05) is 6.92 Å². The van der Waals surface area contributed by atoms with E-state index in [4.69, 9.17) is 10.5 Å². The largest absolute Gasteiger partial charge is 0.465 e. The zero-order valence-corrected chi connectivity index (χ0v) is 8.19. The molecule has 1 heterocycles. The molecule has 0 spiro atoms. The van der Waals surface area contributed by atoms with Gasteiger partial charge in [-0.15, -0.1) is 0 Å². The number of nitrogen functional groups attached to an aromatic ring is 1. The lowest BCUT2D eigenvalue weighted by atomic mass is 10.0. The monoisotopic (exact) mass is 199 g/mol. The fourth-order valence-electron chi connectivity index (χ4n) is 1.16. The van der Waals surface area contributed by atoms with Crippen LogP contribution in [0.5, 0.6) is 0 Å². The maximum absolute atomic E-state index is 11.4. The van der Waals surface area contributed by atoms with Crippen LogP contribution in [0.3, 0.4) is 0 Å². The van der Waals surface area contributed by atoms with Crippen molar-refractivity contribution in [2.45, 2.75) is 26.2 Å². The van der Waals surface area contributed by atoms with Crippen molar-refractivity contribution in [2.24, 2.45) is 0 Å². The molecule has 0 saturated heterocycles. The lowest BCUT2D eigenvalue weighted by molar-refractivity contribution is -0.145. The van der Waals surface area contributed by atoms with Crippen molar-refractivity contribution >= 4 is 11.8 Å². The SMILES string of the molecule is CCOC(=O)C(CC)c1nonc1N. The molecule has 0 saturated carbocycles. The summed E-state index contributed by atoms with van der Waals surface area (Å²) in [6, 6.07) is 0. The van der Waals surface area contributed by atoms with Crippen molar-refractivity contribution in [1.82, 2.24) is 10.3 Å². The van der Waals surface area contributed by atoms with E-state index < -0.39 is 5.92 Å². The molecule has 1 aromatic heterocycles. The molecule has 14 heavy (non-hydrogen) atoms. The van der Waals surface area contributed by atoms with E-state index in [-0.39, 0.29) is 11.8 Å². The number of carbonyl (C=O) groups excluding carboxylic acids is 1. The average Bonchev–Trinajstić information content (AvgIpc) is 2.54. The Hall–Kier alpha value is -1.59. The Morgan fingerprint density at radius 2 is 2.29 bits per heavy atom. The summed E-state index contributed by atoms with van der Waals surface area (Å²) in [5, 5.41) is 6.99. The number of esters is 1. The Bertz CT molecular complexity index is 311. The minimum absolute atomic E-state index is 0.143. The first-order valence-electron chi connectivity index (χ1n) is 4.45. The summed E-state index contributed by atoms with van der Waals surface area (Å²) in [5.74, 6) is -0.691. The minimum atomic E-state index is -0.485. The van der Waals surface area contributed by atoms with Crippen LogP contribution in [-0.2, 0) is 9.53 Å². The maximum atomic E-state index is 11.4. The van der Waals surface area contributed by atoms with E-state index in [9.17, 15) is 4.79 Å². The van der Waals surface area contributed by atoms with Gasteiger partial charge in [0, 0.05) is 0 Å². The topological polar surface area (TPSA) is 91.2 Å². The average molecular weight is 199 g/mol. The third kappa shape index (κ3) is 2.01. The normalized spacial score (nSPS) is 12.4. The number of hydrogen-bond donors (Lipinski definition) is 1. The summed E-state index contributed by atoms with van der Waals surface area (Å²) in [7, 11) is 0. The Morgan fingerprint density at radius 3 is 2.71 bits per heavy atom. The second-order valence-corrected chi connectivity index (χ2v) is 2.75. The van der Waals surface area contributed by atoms with Gasteiger partial charge in [0.15, 0.2) is 5.82 Å². The number of hydrogen-bond acceptors (Lipinski definition) is 6. The highest BCUT2D eigenvalue weighted by Crippen LogP contribution is 2.22. The minimum Gasteiger partial charge on any atom is -0.465 e. The van der Waals surface area contributed by atoms with E-state index in [1.165, 1.54) is 0 Å². The number of anilines is 1. The predicted octanol–water partition coefficient (Wildman–Crippen LogP) is 0.709. The third-order valence-electron chi connectivity index (χ3n) is 1.85. The zero-order chi connectivity index (χ0) is 10.6. The summed E-state index contributed by atoms with van der Waals surface area (Å²) in [6.07, 6.45) is 0.553. The first kappa shape index (κ1) is 10.5. The van der Waals surface area contributed by atoms with Gasteiger partial charge in [0.1, 0.15) is 11.6 Å². The lowest BCUT2D eigenvalue weighted by Crippen LogP contribution is -2.16. The van der Waals surface area contributed by atoms with Crippen LogP contribution in [0.25, 0.3) is 0 Å². The van der Waals surface area contributed by atoms with Crippen LogP contribution in [0.15, 0.2) is 4.63 Å². The van der Waals surface area contributed by atoms with Gasteiger partial charge >= 0.3 is 5.97 Å². The van der Waals surface area contributed by atoms with Gasteiger partial charge in [-0.2, -0.15) is 0 Å². The standard InChI is InChI=1S/C8H13N3O3/c1-3-5(8(12)13-4-2)6-7(9)11-14-10-6/h5H,3-4H2,1-2H3,(H2,9,11). The maximum Gasteiger partial charge on any atom is 0.315 e. The van der Waals surface area contributed by atoms with Gasteiger partial charge in [-0.05, 0) is 18.5 Å². The molecule has 6 heteroatoms. The van der Waals surface area contributed by atoms with Crippen molar-refractivity contribution in [2.75, 3.05) is 12.3 Å². The van der Waals surface area contributed by atoms with Crippen LogP contribution < -0.4 is 5.73 Å². The molecule has 0 aliphatic carbocycles. The van der Waals surface area contributed by atoms with E-state index in [1.54, 1.807) is 6.92 Å². The number of carbonyl (C=O) groups is 1. The Kier molecular flexibility index (Phi) is 3.44. The molecule has 1 unspecified atom stereocenters. The molecule has 0 amide bonds. The quantitative estimate of drug-likeness (QED) is 0.718. The summed E-state index contributed by atoms with van der Waals surface area (Å²) >= 11 is 0. The lowest BCUT2D eigenvalue weighted by Gasteiger charge is -2.09. The van der Waals surface area contributed by atoms with E-state index in [0.29, 0.717) is 18.7 Å². The highest BCUT2D eigenvalue weighted by atomic mass is 16.6. The van der Waals surface area contributed by atoms with Crippen molar-refractivity contribution < 1.29 is 14.2 Å². The summed E-state index contributed by atoms with van der Waals surface area (Å²) < 4.78 is 9.29. The molecule has 0 bridgehead atoms. The molecule has 78 valence electrons. The van der Waals surface area contributed by atoms with Gasteiger partial charge in [0.2, 0.25) is 0 Å². The van der Waals surface area contributed by atoms with Gasteiger partial charge in [-0.3, -0.25) is 4.79 Å². The van der Waals surface area contributed by atoms with Crippen molar-refractivity contribution in [3.8, 4) is 0 Å². The van der Waals surface area contributed by atoms with E-state index >= 15 is 0 Å². The van der Waals surface area contributed by atoms with Crippen molar-refractivity contribution in [3.05, 3.63) is 5.69 Å². The van der Waals surface area contributed by atoms with Crippen LogP contribution in [0, 0.1) is 0 Å². The van der Waals surface area contributed by atoms with Crippen LogP contribution in [0.2, 0.25) is 0 Å². The summed E-state index contributed by atoms with van der Waals surface area (Å²) in [6.45, 7) is 3.92. The summed E-state index contributed by atoms with van der Waals surface area (Å²) in [5.41, 5.74) is 5.83. The van der Waals surface area contributed by atoms with E-state index in [0.717, 1.165) is 0 Å². The van der Waals surface area contributed by atoms with Crippen molar-refractivity contribution in [1.29, 1.82) is 0 Å². The molecule has 0 radical (unpaired) electrons. The van der Waals surface area contributed by atoms with Gasteiger partial charge < -0.3 is 10.5 Å². The smallest absolute Gasteiger partial charge is 0.315 e. The number of ether oxygens (including phenoxy) is 1.